The largest absolute Gasteiger partial charge is 0.468 e. The molecule has 3 heterocycles. The normalized spacial score (nSPS) is 21.9. The first-order valence-electron chi connectivity index (χ1n) is 11.1. The molecule has 0 N–H and O–H groups in total. The summed E-state index contributed by atoms with van der Waals surface area (Å²) in [6, 6.07) is 4.24. The Bertz CT molecular complexity index is 752. The summed E-state index contributed by atoms with van der Waals surface area (Å²) in [6.07, 6.45) is 8.01. The molecular formula is C23H33N3O3. The topological polar surface area (TPSA) is 62.7 Å². The van der Waals surface area contributed by atoms with Crippen LogP contribution >= 0.6 is 0 Å². The Hall–Kier alpha value is -1.95. The SMILES string of the molecule is COC(=O)C(C)N1CC(C(=O)N2CCC(Cc3ccc4c(n3)CCCC4)CC2)C1. The van der Waals surface area contributed by atoms with Crippen molar-refractivity contribution < 1.29 is 14.3 Å². The number of piperidine rings is 1. The maximum absolute atomic E-state index is 12.8. The van der Waals surface area contributed by atoms with Gasteiger partial charge >= 0.3 is 5.97 Å². The summed E-state index contributed by atoms with van der Waals surface area (Å²) >= 11 is 0. The molecule has 4 rings (SSSR count). The zero-order valence-corrected chi connectivity index (χ0v) is 17.7. The molecule has 6 nitrogen and oxygen atoms in total. The number of fused-ring (bicyclic) bond motifs is 1. The van der Waals surface area contributed by atoms with Crippen LogP contribution in [0.2, 0.25) is 0 Å². The predicted octanol–water partition coefficient (Wildman–Crippen LogP) is 2.23. The number of esters is 1. The van der Waals surface area contributed by atoms with Gasteiger partial charge in [0.15, 0.2) is 0 Å². The lowest BCUT2D eigenvalue weighted by molar-refractivity contribution is -0.154. The molecule has 1 atom stereocenters. The lowest BCUT2D eigenvalue weighted by Gasteiger charge is -2.44. The van der Waals surface area contributed by atoms with Gasteiger partial charge in [0.05, 0.1) is 13.0 Å². The summed E-state index contributed by atoms with van der Waals surface area (Å²) in [4.78, 5) is 33.4. The van der Waals surface area contributed by atoms with Gasteiger partial charge in [0.25, 0.3) is 0 Å². The smallest absolute Gasteiger partial charge is 0.322 e. The van der Waals surface area contributed by atoms with Crippen LogP contribution in [0.15, 0.2) is 12.1 Å². The highest BCUT2D eigenvalue weighted by Crippen LogP contribution is 2.27. The molecule has 1 unspecified atom stereocenters. The van der Waals surface area contributed by atoms with E-state index < -0.39 is 0 Å². The molecule has 0 bridgehead atoms. The van der Waals surface area contributed by atoms with Crippen molar-refractivity contribution >= 4 is 11.9 Å². The van der Waals surface area contributed by atoms with Crippen LogP contribution in [-0.2, 0) is 33.6 Å². The number of aryl methyl sites for hydroxylation is 2. The van der Waals surface area contributed by atoms with Gasteiger partial charge in [0, 0.05) is 37.6 Å². The lowest BCUT2D eigenvalue weighted by atomic mass is 9.89. The molecule has 0 radical (unpaired) electrons. The molecule has 0 spiro atoms. The molecule has 3 aliphatic rings. The predicted molar refractivity (Wildman–Crippen MR) is 110 cm³/mol. The average molecular weight is 400 g/mol. The van der Waals surface area contributed by atoms with E-state index in [1.807, 2.05) is 16.7 Å². The monoisotopic (exact) mass is 399 g/mol. The summed E-state index contributed by atoms with van der Waals surface area (Å²) in [5.41, 5.74) is 3.98. The van der Waals surface area contributed by atoms with E-state index in [9.17, 15) is 9.59 Å². The molecule has 29 heavy (non-hydrogen) atoms. The second-order valence-electron chi connectivity index (χ2n) is 8.94. The van der Waals surface area contributed by atoms with E-state index in [0.717, 1.165) is 38.8 Å². The van der Waals surface area contributed by atoms with Crippen molar-refractivity contribution in [1.29, 1.82) is 0 Å². The minimum Gasteiger partial charge on any atom is -0.468 e. The van der Waals surface area contributed by atoms with Crippen molar-refractivity contribution in [2.75, 3.05) is 33.3 Å². The Morgan fingerprint density at radius 3 is 2.62 bits per heavy atom. The van der Waals surface area contributed by atoms with Crippen LogP contribution in [0.3, 0.4) is 0 Å². The minimum atomic E-state index is -0.265. The third-order valence-corrected chi connectivity index (χ3v) is 7.01. The number of ether oxygens (including phenoxy) is 1. The molecule has 158 valence electrons. The van der Waals surface area contributed by atoms with Gasteiger partial charge < -0.3 is 9.64 Å². The zero-order valence-electron chi connectivity index (χ0n) is 17.7. The number of amides is 1. The van der Waals surface area contributed by atoms with Crippen LogP contribution in [0.4, 0.5) is 0 Å². The molecule has 2 saturated heterocycles. The highest BCUT2D eigenvalue weighted by atomic mass is 16.5. The standard InChI is InChI=1S/C23H33N3O3/c1-16(23(28)29-2)26-14-19(15-26)22(27)25-11-9-17(10-12-25)13-20-8-7-18-5-3-4-6-21(18)24-20/h7-8,16-17,19H,3-6,9-15H2,1-2H3. The molecular weight excluding hydrogens is 366 g/mol. The number of nitrogens with zero attached hydrogens (tertiary/aromatic N) is 3. The molecule has 1 aromatic heterocycles. The van der Waals surface area contributed by atoms with E-state index in [1.54, 1.807) is 0 Å². The van der Waals surface area contributed by atoms with Crippen LogP contribution in [0, 0.1) is 11.8 Å². The molecule has 6 heteroatoms. The number of hydrogen-bond acceptors (Lipinski definition) is 5. The van der Waals surface area contributed by atoms with E-state index in [4.69, 9.17) is 9.72 Å². The van der Waals surface area contributed by atoms with Crippen molar-refractivity contribution in [1.82, 2.24) is 14.8 Å². The van der Waals surface area contributed by atoms with Crippen LogP contribution in [0.25, 0.3) is 0 Å². The van der Waals surface area contributed by atoms with Gasteiger partial charge in [-0.3, -0.25) is 19.5 Å². The number of aromatic nitrogens is 1. The summed E-state index contributed by atoms with van der Waals surface area (Å²) in [6.45, 7) is 4.85. The Morgan fingerprint density at radius 1 is 1.17 bits per heavy atom. The van der Waals surface area contributed by atoms with Gasteiger partial charge in [-0.05, 0) is 69.4 Å². The highest BCUT2D eigenvalue weighted by Gasteiger charge is 2.40. The molecule has 2 fully saturated rings. The summed E-state index contributed by atoms with van der Waals surface area (Å²) < 4.78 is 4.79. The number of rotatable bonds is 5. The first-order valence-corrected chi connectivity index (χ1v) is 11.1. The second kappa shape index (κ2) is 8.82. The Balaban J connectivity index is 1.23. The van der Waals surface area contributed by atoms with Crippen molar-refractivity contribution in [2.24, 2.45) is 11.8 Å². The molecule has 1 amide bonds. The number of methoxy groups -OCH3 is 1. The zero-order chi connectivity index (χ0) is 20.4. The van der Waals surface area contributed by atoms with E-state index in [-0.39, 0.29) is 23.8 Å². The van der Waals surface area contributed by atoms with Crippen LogP contribution in [-0.4, -0.2) is 66.0 Å². The second-order valence-corrected chi connectivity index (χ2v) is 8.94. The number of pyridine rings is 1. The van der Waals surface area contributed by atoms with Crippen LogP contribution in [0.1, 0.15) is 49.6 Å². The molecule has 0 saturated carbocycles. The number of carbonyl (C=O) groups is 2. The number of carbonyl (C=O) groups excluding carboxylic acids is 2. The summed E-state index contributed by atoms with van der Waals surface area (Å²) in [5, 5.41) is 0. The van der Waals surface area contributed by atoms with Gasteiger partial charge in [-0.15, -0.1) is 0 Å². The fraction of sp³-hybridized carbons (Fsp3) is 0.696. The molecule has 2 aliphatic heterocycles. The maximum atomic E-state index is 12.8. The summed E-state index contributed by atoms with van der Waals surface area (Å²) in [7, 11) is 1.41. The van der Waals surface area contributed by atoms with Gasteiger partial charge in [0.1, 0.15) is 6.04 Å². The molecule has 0 aromatic carbocycles. The van der Waals surface area contributed by atoms with Crippen molar-refractivity contribution in [2.45, 2.75) is 57.9 Å². The van der Waals surface area contributed by atoms with Gasteiger partial charge in [0.2, 0.25) is 5.91 Å². The van der Waals surface area contributed by atoms with E-state index in [2.05, 4.69) is 12.1 Å². The maximum Gasteiger partial charge on any atom is 0.322 e. The van der Waals surface area contributed by atoms with Crippen molar-refractivity contribution in [3.05, 3.63) is 29.1 Å². The van der Waals surface area contributed by atoms with Crippen molar-refractivity contribution in [3.63, 3.8) is 0 Å². The molecule has 1 aromatic rings. The lowest BCUT2D eigenvalue weighted by Crippen LogP contribution is -2.59. The minimum absolute atomic E-state index is 0.0287. The fourth-order valence-electron chi connectivity index (χ4n) is 4.96. The third-order valence-electron chi connectivity index (χ3n) is 7.01. The van der Waals surface area contributed by atoms with Crippen LogP contribution < -0.4 is 0 Å². The van der Waals surface area contributed by atoms with E-state index in [0.29, 0.717) is 19.0 Å². The van der Waals surface area contributed by atoms with Crippen LogP contribution in [0.5, 0.6) is 0 Å². The first kappa shape index (κ1) is 20.3. The third kappa shape index (κ3) is 4.47. The van der Waals surface area contributed by atoms with E-state index >= 15 is 0 Å². The van der Waals surface area contributed by atoms with Gasteiger partial charge in [-0.1, -0.05) is 6.07 Å². The van der Waals surface area contributed by atoms with E-state index in [1.165, 1.54) is 43.3 Å². The first-order chi connectivity index (χ1) is 14.0. The molecule has 1 aliphatic carbocycles. The quantitative estimate of drug-likeness (QED) is 0.711. The number of likely N-dealkylation sites (tertiary alicyclic amines) is 2. The van der Waals surface area contributed by atoms with Gasteiger partial charge in [-0.25, -0.2) is 0 Å². The Morgan fingerprint density at radius 2 is 1.90 bits per heavy atom. The highest BCUT2D eigenvalue weighted by molar-refractivity contribution is 5.81. The number of hydrogen-bond donors (Lipinski definition) is 0. The Kier molecular flexibility index (Phi) is 6.18. The van der Waals surface area contributed by atoms with Crippen molar-refractivity contribution in [3.8, 4) is 0 Å². The summed E-state index contributed by atoms with van der Waals surface area (Å²) in [5.74, 6) is 0.669. The fourth-order valence-corrected chi connectivity index (χ4v) is 4.96. The van der Waals surface area contributed by atoms with Gasteiger partial charge in [-0.2, -0.15) is 0 Å². The Labute approximate surface area is 173 Å². The average Bonchev–Trinajstić information content (AvgIpc) is 2.72.